The molecule has 0 aromatic carbocycles. The third-order valence-electron chi connectivity index (χ3n) is 1.44. The predicted molar refractivity (Wildman–Crippen MR) is 45.8 cm³/mol. The van der Waals surface area contributed by atoms with Crippen LogP contribution in [-0.4, -0.2) is 34.4 Å². The SMILES string of the molecule is C[C@@](O)(CCO)CC(=O)ONC(N)=O. The van der Waals surface area contributed by atoms with Crippen molar-refractivity contribution in [1.82, 2.24) is 5.48 Å². The molecule has 7 nitrogen and oxygen atoms in total. The van der Waals surface area contributed by atoms with Gasteiger partial charge in [-0.25, -0.2) is 9.59 Å². The van der Waals surface area contributed by atoms with Crippen LogP contribution in [0.1, 0.15) is 19.8 Å². The molecule has 7 heteroatoms. The summed E-state index contributed by atoms with van der Waals surface area (Å²) in [6.45, 7) is 1.12. The van der Waals surface area contributed by atoms with Crippen LogP contribution in [0.5, 0.6) is 0 Å². The highest BCUT2D eigenvalue weighted by Gasteiger charge is 2.25. The third kappa shape index (κ3) is 6.21. The fourth-order valence-electron chi connectivity index (χ4n) is 0.783. The van der Waals surface area contributed by atoms with Gasteiger partial charge in [0.1, 0.15) is 0 Å². The molecule has 0 fully saturated rings. The van der Waals surface area contributed by atoms with Crippen molar-refractivity contribution < 1.29 is 24.6 Å². The van der Waals surface area contributed by atoms with Crippen molar-refractivity contribution in [3.8, 4) is 0 Å². The van der Waals surface area contributed by atoms with E-state index in [1.54, 1.807) is 5.48 Å². The first-order valence-corrected chi connectivity index (χ1v) is 3.96. The van der Waals surface area contributed by atoms with E-state index in [0.717, 1.165) is 0 Å². The summed E-state index contributed by atoms with van der Waals surface area (Å²) >= 11 is 0. The zero-order chi connectivity index (χ0) is 11.2. The van der Waals surface area contributed by atoms with E-state index < -0.39 is 17.6 Å². The Hall–Kier alpha value is -1.34. The average molecular weight is 206 g/mol. The zero-order valence-corrected chi connectivity index (χ0v) is 7.82. The Balaban J connectivity index is 3.86. The van der Waals surface area contributed by atoms with Crippen LogP contribution >= 0.6 is 0 Å². The predicted octanol–water partition coefficient (Wildman–Crippen LogP) is -1.36. The van der Waals surface area contributed by atoms with E-state index in [4.69, 9.17) is 5.11 Å². The van der Waals surface area contributed by atoms with Crippen LogP contribution in [0.25, 0.3) is 0 Å². The largest absolute Gasteiger partial charge is 0.396 e. The molecule has 0 aromatic heterocycles. The van der Waals surface area contributed by atoms with Crippen LogP contribution in [0.3, 0.4) is 0 Å². The summed E-state index contributed by atoms with van der Waals surface area (Å²) in [6, 6.07) is -1.000. The second kappa shape index (κ2) is 5.40. The number of aliphatic hydroxyl groups is 2. The van der Waals surface area contributed by atoms with E-state index >= 15 is 0 Å². The van der Waals surface area contributed by atoms with E-state index in [-0.39, 0.29) is 19.4 Å². The summed E-state index contributed by atoms with van der Waals surface area (Å²) in [4.78, 5) is 25.2. The van der Waals surface area contributed by atoms with E-state index in [0.29, 0.717) is 0 Å². The van der Waals surface area contributed by atoms with Crippen LogP contribution in [0.15, 0.2) is 0 Å². The van der Waals surface area contributed by atoms with Gasteiger partial charge in [-0.2, -0.15) is 5.48 Å². The van der Waals surface area contributed by atoms with Gasteiger partial charge in [-0.3, -0.25) is 0 Å². The summed E-state index contributed by atoms with van der Waals surface area (Å²) in [5, 5.41) is 18.0. The lowest BCUT2D eigenvalue weighted by Gasteiger charge is -2.20. The maximum atomic E-state index is 10.9. The van der Waals surface area contributed by atoms with Gasteiger partial charge in [0.2, 0.25) is 0 Å². The molecule has 2 amide bonds. The first-order valence-electron chi connectivity index (χ1n) is 3.96. The lowest BCUT2D eigenvalue weighted by Crippen LogP contribution is -2.36. The van der Waals surface area contributed by atoms with Crippen molar-refractivity contribution >= 4 is 12.0 Å². The van der Waals surface area contributed by atoms with E-state index in [1.165, 1.54) is 6.92 Å². The molecule has 0 aromatic rings. The quantitative estimate of drug-likeness (QED) is 0.423. The highest BCUT2D eigenvalue weighted by molar-refractivity contribution is 5.75. The summed E-state index contributed by atoms with van der Waals surface area (Å²) in [6.07, 6.45) is -0.299. The number of amides is 2. The zero-order valence-electron chi connectivity index (χ0n) is 7.82. The monoisotopic (exact) mass is 206 g/mol. The van der Waals surface area contributed by atoms with E-state index in [1.807, 2.05) is 0 Å². The van der Waals surface area contributed by atoms with Gasteiger partial charge in [0.15, 0.2) is 0 Å². The average Bonchev–Trinajstić information content (AvgIpc) is 1.99. The number of rotatable bonds is 4. The van der Waals surface area contributed by atoms with Crippen LogP contribution in [0.2, 0.25) is 0 Å². The number of nitrogens with two attached hydrogens (primary N) is 1. The van der Waals surface area contributed by atoms with Crippen molar-refractivity contribution in [2.24, 2.45) is 5.73 Å². The number of nitrogens with one attached hydrogen (secondary N) is 1. The number of hydroxylamine groups is 1. The summed E-state index contributed by atoms with van der Waals surface area (Å²) in [7, 11) is 0. The lowest BCUT2D eigenvalue weighted by atomic mass is 9.99. The first kappa shape index (κ1) is 12.7. The molecule has 0 aliphatic carbocycles. The normalized spacial score (nSPS) is 14.2. The topological polar surface area (TPSA) is 122 Å². The minimum absolute atomic E-state index is 0.0403. The Morgan fingerprint density at radius 3 is 2.57 bits per heavy atom. The molecule has 14 heavy (non-hydrogen) atoms. The standard InChI is InChI=1S/C7H14N2O5/c1-7(13,2-3-10)4-5(11)14-9-6(8)12/h10,13H,2-4H2,1H3,(H3,8,9,12)/t7-/m1/s1. The lowest BCUT2D eigenvalue weighted by molar-refractivity contribution is -0.154. The van der Waals surface area contributed by atoms with Gasteiger partial charge in [0.25, 0.3) is 0 Å². The molecule has 0 saturated carbocycles. The molecule has 0 bridgehead atoms. The molecular weight excluding hydrogens is 192 g/mol. The fraction of sp³-hybridized carbons (Fsp3) is 0.714. The number of carbonyl (C=O) groups is 2. The van der Waals surface area contributed by atoms with Crippen molar-refractivity contribution in [3.63, 3.8) is 0 Å². The Morgan fingerprint density at radius 1 is 1.57 bits per heavy atom. The van der Waals surface area contributed by atoms with Crippen LogP contribution in [0, 0.1) is 0 Å². The molecule has 1 atom stereocenters. The van der Waals surface area contributed by atoms with E-state index in [2.05, 4.69) is 10.6 Å². The Morgan fingerprint density at radius 2 is 2.14 bits per heavy atom. The molecular formula is C7H14N2O5. The maximum Gasteiger partial charge on any atom is 0.345 e. The van der Waals surface area contributed by atoms with Gasteiger partial charge in [-0.1, -0.05) is 0 Å². The molecule has 0 rings (SSSR count). The maximum absolute atomic E-state index is 10.9. The second-order valence-corrected chi connectivity index (χ2v) is 3.09. The fourth-order valence-corrected chi connectivity index (χ4v) is 0.783. The molecule has 0 aliphatic heterocycles. The smallest absolute Gasteiger partial charge is 0.345 e. The number of primary amides is 1. The van der Waals surface area contributed by atoms with Crippen LogP contribution in [-0.2, 0) is 9.63 Å². The summed E-state index contributed by atoms with van der Waals surface area (Å²) in [5.74, 6) is -0.831. The highest BCUT2D eigenvalue weighted by Crippen LogP contribution is 2.13. The second-order valence-electron chi connectivity index (χ2n) is 3.09. The van der Waals surface area contributed by atoms with E-state index in [9.17, 15) is 14.7 Å². The van der Waals surface area contributed by atoms with Gasteiger partial charge in [-0.15, -0.1) is 0 Å². The molecule has 5 N–H and O–H groups in total. The number of hydrogen-bond acceptors (Lipinski definition) is 5. The Kier molecular flexibility index (Phi) is 4.89. The van der Waals surface area contributed by atoms with Crippen molar-refractivity contribution in [2.45, 2.75) is 25.4 Å². The highest BCUT2D eigenvalue weighted by atomic mass is 16.7. The molecule has 82 valence electrons. The van der Waals surface area contributed by atoms with Gasteiger partial charge in [-0.05, 0) is 13.3 Å². The van der Waals surface area contributed by atoms with Gasteiger partial charge < -0.3 is 20.8 Å². The molecule has 0 spiro atoms. The number of aliphatic hydroxyl groups excluding tert-OH is 1. The van der Waals surface area contributed by atoms with Gasteiger partial charge in [0, 0.05) is 6.61 Å². The minimum atomic E-state index is -1.36. The van der Waals surface area contributed by atoms with Crippen molar-refractivity contribution in [3.05, 3.63) is 0 Å². The third-order valence-corrected chi connectivity index (χ3v) is 1.44. The van der Waals surface area contributed by atoms with Gasteiger partial charge in [0.05, 0.1) is 12.0 Å². The number of hydrogen-bond donors (Lipinski definition) is 4. The van der Waals surface area contributed by atoms with Gasteiger partial charge >= 0.3 is 12.0 Å². The molecule has 0 heterocycles. The number of urea groups is 1. The summed E-state index contributed by atoms with van der Waals surface area (Å²) < 4.78 is 0. The van der Waals surface area contributed by atoms with Crippen molar-refractivity contribution in [1.29, 1.82) is 0 Å². The van der Waals surface area contributed by atoms with Crippen molar-refractivity contribution in [2.75, 3.05) is 6.61 Å². The Labute approximate surface area is 80.8 Å². The number of carbonyl (C=O) groups excluding carboxylic acids is 2. The van der Waals surface area contributed by atoms with Crippen LogP contribution in [0.4, 0.5) is 4.79 Å². The minimum Gasteiger partial charge on any atom is -0.396 e. The summed E-state index contributed by atoms with van der Waals surface area (Å²) in [5.41, 5.74) is 4.90. The molecule has 0 radical (unpaired) electrons. The van der Waals surface area contributed by atoms with Crippen LogP contribution < -0.4 is 11.2 Å². The Bertz CT molecular complexity index is 216. The molecule has 0 unspecified atom stereocenters. The molecule has 0 aliphatic rings. The first-order chi connectivity index (χ1) is 6.37. The molecule has 0 saturated heterocycles.